The van der Waals surface area contributed by atoms with Gasteiger partial charge in [-0.05, 0) is 34.4 Å². The van der Waals surface area contributed by atoms with Crippen molar-refractivity contribution in [2.75, 3.05) is 0 Å². The molecule has 100 valence electrons. The molecule has 1 aromatic heterocycles. The Bertz CT molecular complexity index is 748. The summed E-state index contributed by atoms with van der Waals surface area (Å²) in [5, 5.41) is 13.1. The first kappa shape index (κ1) is 12.7. The molecule has 0 radical (unpaired) electrons. The molecule has 0 atom stereocenters. The molecule has 3 nitrogen and oxygen atoms in total. The van der Waals surface area contributed by atoms with E-state index in [0.29, 0.717) is 12.4 Å². The van der Waals surface area contributed by atoms with E-state index < -0.39 is 5.97 Å². The summed E-state index contributed by atoms with van der Waals surface area (Å²) < 4.78 is 5.68. The maximum atomic E-state index is 11.3. The highest BCUT2D eigenvalue weighted by atomic mass is 32.1. The van der Waals surface area contributed by atoms with Gasteiger partial charge >= 0.3 is 5.97 Å². The van der Waals surface area contributed by atoms with Crippen LogP contribution >= 0.6 is 11.3 Å². The van der Waals surface area contributed by atoms with Gasteiger partial charge in [0.15, 0.2) is 0 Å². The van der Waals surface area contributed by atoms with Gasteiger partial charge in [0.1, 0.15) is 17.9 Å². The fourth-order valence-electron chi connectivity index (χ4n) is 2.05. The lowest BCUT2D eigenvalue weighted by Crippen LogP contribution is -2.03. The van der Waals surface area contributed by atoms with E-state index in [9.17, 15) is 9.90 Å². The van der Waals surface area contributed by atoms with E-state index in [2.05, 4.69) is 0 Å². The Morgan fingerprint density at radius 1 is 1.10 bits per heavy atom. The molecule has 0 saturated heterocycles. The zero-order valence-electron chi connectivity index (χ0n) is 10.6. The number of aromatic carboxylic acids is 1. The van der Waals surface area contributed by atoms with Crippen molar-refractivity contribution in [2.45, 2.75) is 6.61 Å². The Hall–Kier alpha value is -2.33. The third kappa shape index (κ3) is 2.51. The lowest BCUT2D eigenvalue weighted by molar-refractivity contribution is 0.0692. The smallest absolute Gasteiger partial charge is 0.339 e. The summed E-state index contributed by atoms with van der Waals surface area (Å²) in [7, 11) is 0. The van der Waals surface area contributed by atoms with Gasteiger partial charge in [-0.2, -0.15) is 0 Å². The minimum Gasteiger partial charge on any atom is -0.487 e. The van der Waals surface area contributed by atoms with Gasteiger partial charge in [0.2, 0.25) is 0 Å². The van der Waals surface area contributed by atoms with Crippen LogP contribution in [0.3, 0.4) is 0 Å². The third-order valence-corrected chi connectivity index (χ3v) is 3.88. The standard InChI is InChI=1S/C16H12O3S/c17-16(18)14-8-11-4-1-2-5-12(11)9-15(14)19-10-13-6-3-7-20-13/h1-9H,10H2,(H,17,18). The van der Waals surface area contributed by atoms with Crippen LogP contribution in [0, 0.1) is 0 Å². The summed E-state index contributed by atoms with van der Waals surface area (Å²) in [4.78, 5) is 12.4. The Morgan fingerprint density at radius 3 is 2.50 bits per heavy atom. The molecule has 0 unspecified atom stereocenters. The van der Waals surface area contributed by atoms with E-state index >= 15 is 0 Å². The van der Waals surface area contributed by atoms with E-state index in [1.165, 1.54) is 0 Å². The van der Waals surface area contributed by atoms with Crippen molar-refractivity contribution in [2.24, 2.45) is 0 Å². The molecule has 0 spiro atoms. The molecule has 3 aromatic rings. The first-order valence-corrected chi connectivity index (χ1v) is 7.03. The molecule has 0 fully saturated rings. The summed E-state index contributed by atoms with van der Waals surface area (Å²) in [6, 6.07) is 15.0. The van der Waals surface area contributed by atoms with Crippen LogP contribution in [0.5, 0.6) is 5.75 Å². The topological polar surface area (TPSA) is 46.5 Å². The van der Waals surface area contributed by atoms with Crippen LogP contribution in [0.25, 0.3) is 10.8 Å². The fraction of sp³-hybridized carbons (Fsp3) is 0.0625. The lowest BCUT2D eigenvalue weighted by Gasteiger charge is -2.10. The highest BCUT2D eigenvalue weighted by Gasteiger charge is 2.13. The Balaban J connectivity index is 1.98. The van der Waals surface area contributed by atoms with Gasteiger partial charge in [-0.3, -0.25) is 0 Å². The molecule has 1 N–H and O–H groups in total. The van der Waals surface area contributed by atoms with Crippen LogP contribution in [0.4, 0.5) is 0 Å². The Labute approximate surface area is 120 Å². The van der Waals surface area contributed by atoms with Gasteiger partial charge < -0.3 is 9.84 Å². The third-order valence-electron chi connectivity index (χ3n) is 3.03. The van der Waals surface area contributed by atoms with E-state index in [4.69, 9.17) is 4.74 Å². The monoisotopic (exact) mass is 284 g/mol. The Morgan fingerprint density at radius 2 is 1.85 bits per heavy atom. The maximum absolute atomic E-state index is 11.3. The van der Waals surface area contributed by atoms with Gasteiger partial charge in [-0.25, -0.2) is 4.79 Å². The second-order valence-electron chi connectivity index (χ2n) is 4.37. The van der Waals surface area contributed by atoms with Gasteiger partial charge in [-0.15, -0.1) is 11.3 Å². The molecule has 0 saturated carbocycles. The van der Waals surface area contributed by atoms with Crippen LogP contribution in [0.2, 0.25) is 0 Å². The highest BCUT2D eigenvalue weighted by Crippen LogP contribution is 2.27. The highest BCUT2D eigenvalue weighted by molar-refractivity contribution is 7.09. The van der Waals surface area contributed by atoms with Crippen molar-refractivity contribution in [1.29, 1.82) is 0 Å². The van der Waals surface area contributed by atoms with Crippen LogP contribution in [0.15, 0.2) is 53.9 Å². The number of hydrogen-bond donors (Lipinski definition) is 1. The zero-order chi connectivity index (χ0) is 13.9. The quantitative estimate of drug-likeness (QED) is 0.781. The van der Waals surface area contributed by atoms with Crippen molar-refractivity contribution < 1.29 is 14.6 Å². The molecule has 0 bridgehead atoms. The number of thiophene rings is 1. The van der Waals surface area contributed by atoms with Crippen molar-refractivity contribution in [3.63, 3.8) is 0 Å². The summed E-state index contributed by atoms with van der Waals surface area (Å²) in [5.41, 5.74) is 0.195. The summed E-state index contributed by atoms with van der Waals surface area (Å²) in [6.45, 7) is 0.385. The molecule has 20 heavy (non-hydrogen) atoms. The van der Waals surface area contributed by atoms with Crippen molar-refractivity contribution in [3.05, 3.63) is 64.4 Å². The minimum atomic E-state index is -0.975. The first-order valence-electron chi connectivity index (χ1n) is 6.15. The summed E-state index contributed by atoms with van der Waals surface area (Å²) >= 11 is 1.59. The minimum absolute atomic E-state index is 0.195. The fourth-order valence-corrected chi connectivity index (χ4v) is 2.67. The summed E-state index contributed by atoms with van der Waals surface area (Å²) in [6.07, 6.45) is 0. The van der Waals surface area contributed by atoms with Crippen LogP contribution in [-0.4, -0.2) is 11.1 Å². The van der Waals surface area contributed by atoms with Crippen molar-refractivity contribution in [3.8, 4) is 5.75 Å². The van der Waals surface area contributed by atoms with Crippen LogP contribution in [-0.2, 0) is 6.61 Å². The molecular formula is C16H12O3S. The van der Waals surface area contributed by atoms with Crippen molar-refractivity contribution >= 4 is 28.1 Å². The predicted octanol–water partition coefficient (Wildman–Crippen LogP) is 4.18. The average molecular weight is 284 g/mol. The number of hydrogen-bond acceptors (Lipinski definition) is 3. The zero-order valence-corrected chi connectivity index (χ0v) is 11.4. The van der Waals surface area contributed by atoms with Crippen LogP contribution < -0.4 is 4.74 Å². The summed E-state index contributed by atoms with van der Waals surface area (Å²) in [5.74, 6) is -0.568. The number of carboxylic acids is 1. The van der Waals surface area contributed by atoms with E-state index in [1.54, 1.807) is 23.5 Å². The molecular weight excluding hydrogens is 272 g/mol. The Kier molecular flexibility index (Phi) is 3.39. The SMILES string of the molecule is O=C(O)c1cc2ccccc2cc1OCc1cccs1. The van der Waals surface area contributed by atoms with Gasteiger partial charge in [0.25, 0.3) is 0 Å². The number of carbonyl (C=O) groups is 1. The lowest BCUT2D eigenvalue weighted by atomic mass is 10.1. The molecule has 2 aromatic carbocycles. The molecule has 0 amide bonds. The first-order chi connectivity index (χ1) is 9.74. The predicted molar refractivity (Wildman–Crippen MR) is 79.6 cm³/mol. The van der Waals surface area contributed by atoms with E-state index in [1.807, 2.05) is 41.8 Å². The molecule has 3 rings (SSSR count). The number of rotatable bonds is 4. The second-order valence-corrected chi connectivity index (χ2v) is 5.40. The molecule has 4 heteroatoms. The molecule has 0 aliphatic carbocycles. The van der Waals surface area contributed by atoms with Gasteiger partial charge in [0.05, 0.1) is 0 Å². The van der Waals surface area contributed by atoms with E-state index in [0.717, 1.165) is 15.6 Å². The number of carboxylic acid groups (broad SMARTS) is 1. The van der Waals surface area contributed by atoms with Crippen LogP contribution in [0.1, 0.15) is 15.2 Å². The molecule has 0 aliphatic rings. The second kappa shape index (κ2) is 5.35. The van der Waals surface area contributed by atoms with E-state index in [-0.39, 0.29) is 5.56 Å². The number of ether oxygens (including phenoxy) is 1. The largest absolute Gasteiger partial charge is 0.487 e. The molecule has 0 aliphatic heterocycles. The number of benzene rings is 2. The maximum Gasteiger partial charge on any atom is 0.339 e. The number of fused-ring (bicyclic) bond motifs is 1. The van der Waals surface area contributed by atoms with Crippen molar-refractivity contribution in [1.82, 2.24) is 0 Å². The molecule has 1 heterocycles. The van der Waals surface area contributed by atoms with Gasteiger partial charge in [-0.1, -0.05) is 30.3 Å². The normalized spacial score (nSPS) is 10.6. The van der Waals surface area contributed by atoms with Gasteiger partial charge in [0, 0.05) is 4.88 Å². The average Bonchev–Trinajstić information content (AvgIpc) is 2.97.